The molecule has 1 aliphatic rings. The summed E-state index contributed by atoms with van der Waals surface area (Å²) in [5.74, 6) is 1.38. The maximum absolute atomic E-state index is 11.7. The van der Waals surface area contributed by atoms with E-state index in [1.54, 1.807) is 6.92 Å². The third kappa shape index (κ3) is 3.12. The summed E-state index contributed by atoms with van der Waals surface area (Å²) in [6.45, 7) is 3.10. The van der Waals surface area contributed by atoms with E-state index < -0.39 is 0 Å². The zero-order valence-corrected chi connectivity index (χ0v) is 10.9. The maximum Gasteiger partial charge on any atom is 0.238 e. The number of aryl methyl sites for hydroxylation is 1. The molecule has 5 nitrogen and oxygen atoms in total. The number of rotatable bonds is 5. The molecule has 19 heavy (non-hydrogen) atoms. The predicted octanol–water partition coefficient (Wildman–Crippen LogP) is 2.07. The molecule has 1 amide bonds. The number of carbonyl (C=O) groups excluding carboxylic acids is 1. The summed E-state index contributed by atoms with van der Waals surface area (Å²) >= 11 is 0. The number of hydrogen-bond acceptors (Lipinski definition) is 4. The number of oxazole rings is 1. The molecule has 1 aromatic heterocycles. The third-order valence-electron chi connectivity index (χ3n) is 3.19. The van der Waals surface area contributed by atoms with Crippen molar-refractivity contribution in [3.8, 4) is 0 Å². The summed E-state index contributed by atoms with van der Waals surface area (Å²) in [6.07, 6.45) is 2.58. The topological polar surface area (TPSA) is 67.2 Å². The highest BCUT2D eigenvalue weighted by atomic mass is 16.3. The second kappa shape index (κ2) is 5.01. The molecule has 2 N–H and O–H groups in total. The van der Waals surface area contributed by atoms with Crippen molar-refractivity contribution >= 4 is 22.7 Å². The Hall–Kier alpha value is -1.88. The lowest BCUT2D eigenvalue weighted by atomic mass is 10.3. The van der Waals surface area contributed by atoms with E-state index in [1.165, 1.54) is 12.8 Å². The number of hydrogen-bond donors (Lipinski definition) is 2. The van der Waals surface area contributed by atoms with Crippen LogP contribution in [-0.4, -0.2) is 24.0 Å². The fourth-order valence-corrected chi connectivity index (χ4v) is 2.04. The number of aromatic nitrogens is 1. The van der Waals surface area contributed by atoms with Crippen LogP contribution in [-0.2, 0) is 4.79 Å². The molecular weight excluding hydrogens is 242 g/mol. The van der Waals surface area contributed by atoms with Gasteiger partial charge in [-0.3, -0.25) is 4.79 Å². The number of fused-ring (bicyclic) bond motifs is 1. The molecule has 0 atom stereocenters. The third-order valence-corrected chi connectivity index (χ3v) is 3.19. The second-order valence-electron chi connectivity index (χ2n) is 5.04. The van der Waals surface area contributed by atoms with Gasteiger partial charge in [-0.2, -0.15) is 0 Å². The lowest BCUT2D eigenvalue weighted by molar-refractivity contribution is -0.115. The standard InChI is InChI=1S/C14H17N3O2/c1-9-16-12-6-11(4-5-13(12)19-9)17-14(18)8-15-7-10-2-3-10/h4-6,10,15H,2-3,7-8H2,1H3,(H,17,18). The van der Waals surface area contributed by atoms with Crippen LogP contribution < -0.4 is 10.6 Å². The van der Waals surface area contributed by atoms with Gasteiger partial charge >= 0.3 is 0 Å². The Morgan fingerprint density at radius 1 is 1.47 bits per heavy atom. The molecule has 1 aliphatic carbocycles. The minimum Gasteiger partial charge on any atom is -0.441 e. The summed E-state index contributed by atoms with van der Waals surface area (Å²) in [5, 5.41) is 6.02. The SMILES string of the molecule is Cc1nc2cc(NC(=O)CNCC3CC3)ccc2o1. The van der Waals surface area contributed by atoms with Gasteiger partial charge in [0.25, 0.3) is 0 Å². The van der Waals surface area contributed by atoms with Crippen LogP contribution in [0.3, 0.4) is 0 Å². The van der Waals surface area contributed by atoms with E-state index in [1.807, 2.05) is 18.2 Å². The van der Waals surface area contributed by atoms with Crippen LogP contribution in [0.15, 0.2) is 22.6 Å². The van der Waals surface area contributed by atoms with Gasteiger partial charge in [-0.25, -0.2) is 4.98 Å². The first-order valence-corrected chi connectivity index (χ1v) is 6.58. The molecule has 0 bridgehead atoms. The summed E-state index contributed by atoms with van der Waals surface area (Å²) in [5.41, 5.74) is 2.25. The summed E-state index contributed by atoms with van der Waals surface area (Å²) in [6, 6.07) is 5.47. The highest BCUT2D eigenvalue weighted by Gasteiger charge is 2.20. The predicted molar refractivity (Wildman–Crippen MR) is 73.0 cm³/mol. The van der Waals surface area contributed by atoms with Gasteiger partial charge in [0.15, 0.2) is 11.5 Å². The van der Waals surface area contributed by atoms with Crippen molar-refractivity contribution in [1.29, 1.82) is 0 Å². The first-order chi connectivity index (χ1) is 9.20. The molecule has 1 saturated carbocycles. The lowest BCUT2D eigenvalue weighted by Gasteiger charge is -2.05. The van der Waals surface area contributed by atoms with E-state index in [2.05, 4.69) is 15.6 Å². The summed E-state index contributed by atoms with van der Waals surface area (Å²) in [7, 11) is 0. The van der Waals surface area contributed by atoms with Crippen molar-refractivity contribution in [2.45, 2.75) is 19.8 Å². The fraction of sp³-hybridized carbons (Fsp3) is 0.429. The van der Waals surface area contributed by atoms with E-state index in [0.29, 0.717) is 12.4 Å². The number of carbonyl (C=O) groups is 1. The Kier molecular flexibility index (Phi) is 3.21. The van der Waals surface area contributed by atoms with Gasteiger partial charge in [-0.15, -0.1) is 0 Å². The van der Waals surface area contributed by atoms with Crippen LogP contribution in [0.2, 0.25) is 0 Å². The fourth-order valence-electron chi connectivity index (χ4n) is 2.04. The van der Waals surface area contributed by atoms with Gasteiger partial charge in [-0.1, -0.05) is 0 Å². The number of amides is 1. The zero-order valence-electron chi connectivity index (χ0n) is 10.9. The lowest BCUT2D eigenvalue weighted by Crippen LogP contribution is -2.29. The van der Waals surface area contributed by atoms with Crippen LogP contribution in [0.4, 0.5) is 5.69 Å². The van der Waals surface area contributed by atoms with Gasteiger partial charge in [0.2, 0.25) is 5.91 Å². The zero-order chi connectivity index (χ0) is 13.2. The van der Waals surface area contributed by atoms with Crippen LogP contribution in [0, 0.1) is 12.8 Å². The molecule has 2 aromatic rings. The first kappa shape index (κ1) is 12.2. The molecule has 1 heterocycles. The maximum atomic E-state index is 11.7. The van der Waals surface area contributed by atoms with Gasteiger partial charge in [0.05, 0.1) is 6.54 Å². The first-order valence-electron chi connectivity index (χ1n) is 6.58. The van der Waals surface area contributed by atoms with Crippen molar-refractivity contribution < 1.29 is 9.21 Å². The average Bonchev–Trinajstić information content (AvgIpc) is 3.09. The van der Waals surface area contributed by atoms with Crippen molar-refractivity contribution in [3.05, 3.63) is 24.1 Å². The largest absolute Gasteiger partial charge is 0.441 e. The van der Waals surface area contributed by atoms with Gasteiger partial charge in [0, 0.05) is 12.6 Å². The van der Waals surface area contributed by atoms with E-state index in [0.717, 1.165) is 29.2 Å². The number of benzene rings is 1. The van der Waals surface area contributed by atoms with E-state index in [4.69, 9.17) is 4.42 Å². The Labute approximate surface area is 111 Å². The molecular formula is C14H17N3O2. The van der Waals surface area contributed by atoms with Gasteiger partial charge in [0.1, 0.15) is 5.52 Å². The quantitative estimate of drug-likeness (QED) is 0.862. The van der Waals surface area contributed by atoms with Gasteiger partial charge < -0.3 is 15.1 Å². The van der Waals surface area contributed by atoms with E-state index in [9.17, 15) is 4.79 Å². The molecule has 1 fully saturated rings. The summed E-state index contributed by atoms with van der Waals surface area (Å²) in [4.78, 5) is 16.0. The van der Waals surface area contributed by atoms with Crippen molar-refractivity contribution in [2.24, 2.45) is 5.92 Å². The highest BCUT2D eigenvalue weighted by Crippen LogP contribution is 2.27. The molecule has 0 saturated heterocycles. The van der Waals surface area contributed by atoms with Gasteiger partial charge in [-0.05, 0) is 43.5 Å². The molecule has 5 heteroatoms. The Morgan fingerprint density at radius 3 is 3.11 bits per heavy atom. The molecule has 1 aromatic carbocycles. The Balaban J connectivity index is 1.58. The Morgan fingerprint density at radius 2 is 2.32 bits per heavy atom. The molecule has 0 aliphatic heterocycles. The number of nitrogens with one attached hydrogen (secondary N) is 2. The van der Waals surface area contributed by atoms with Crippen molar-refractivity contribution in [1.82, 2.24) is 10.3 Å². The van der Waals surface area contributed by atoms with Crippen LogP contribution >= 0.6 is 0 Å². The van der Waals surface area contributed by atoms with Crippen LogP contribution in [0.5, 0.6) is 0 Å². The Bertz CT molecular complexity index is 602. The van der Waals surface area contributed by atoms with Crippen molar-refractivity contribution in [2.75, 3.05) is 18.4 Å². The molecule has 0 radical (unpaired) electrons. The average molecular weight is 259 g/mol. The minimum atomic E-state index is -0.0276. The van der Waals surface area contributed by atoms with E-state index >= 15 is 0 Å². The normalized spacial score (nSPS) is 14.8. The summed E-state index contributed by atoms with van der Waals surface area (Å²) < 4.78 is 5.39. The molecule has 100 valence electrons. The van der Waals surface area contributed by atoms with Crippen LogP contribution in [0.1, 0.15) is 18.7 Å². The van der Waals surface area contributed by atoms with Crippen molar-refractivity contribution in [3.63, 3.8) is 0 Å². The number of nitrogens with zero attached hydrogens (tertiary/aromatic N) is 1. The minimum absolute atomic E-state index is 0.0276. The number of anilines is 1. The monoisotopic (exact) mass is 259 g/mol. The highest BCUT2D eigenvalue weighted by molar-refractivity contribution is 5.94. The molecule has 3 rings (SSSR count). The van der Waals surface area contributed by atoms with E-state index in [-0.39, 0.29) is 5.91 Å². The molecule has 0 unspecified atom stereocenters. The smallest absolute Gasteiger partial charge is 0.238 e. The second-order valence-corrected chi connectivity index (χ2v) is 5.04. The molecule has 0 spiro atoms. The van der Waals surface area contributed by atoms with Crippen LogP contribution in [0.25, 0.3) is 11.1 Å².